The number of rotatable bonds is 3. The molecule has 0 aliphatic heterocycles. The van der Waals surface area contributed by atoms with Crippen molar-refractivity contribution in [3.63, 3.8) is 0 Å². The van der Waals surface area contributed by atoms with Crippen LogP contribution >= 0.6 is 0 Å². The second kappa shape index (κ2) is 5.63. The van der Waals surface area contributed by atoms with E-state index in [0.717, 1.165) is 0 Å². The highest BCUT2D eigenvalue weighted by molar-refractivity contribution is 5.86. The summed E-state index contributed by atoms with van der Waals surface area (Å²) in [6, 6.07) is 1.47. The lowest BCUT2D eigenvalue weighted by Gasteiger charge is -2.20. The number of hydrogen-bond donors (Lipinski definition) is 2. The number of methoxy groups -OCH3 is 1. The van der Waals surface area contributed by atoms with Crippen LogP contribution in [0.2, 0.25) is 0 Å². The summed E-state index contributed by atoms with van der Waals surface area (Å²) in [5, 5.41) is 18.9. The zero-order valence-corrected chi connectivity index (χ0v) is 10.9. The van der Waals surface area contributed by atoms with Crippen LogP contribution in [0.1, 0.15) is 26.5 Å². The quantitative estimate of drug-likeness (QED) is 0.846. The minimum absolute atomic E-state index is 0.151. The Morgan fingerprint density at radius 3 is 2.61 bits per heavy atom. The van der Waals surface area contributed by atoms with Crippen LogP contribution in [-0.2, 0) is 11.3 Å². The number of nitrogens with one attached hydrogen (secondary N) is 1. The maximum absolute atomic E-state index is 11.6. The van der Waals surface area contributed by atoms with Gasteiger partial charge in [0, 0.05) is 0 Å². The molecule has 7 nitrogen and oxygen atoms in total. The van der Waals surface area contributed by atoms with Crippen LogP contribution in [0.5, 0.6) is 5.88 Å². The summed E-state index contributed by atoms with van der Waals surface area (Å²) in [6.07, 6.45) is -0.627. The molecule has 0 aromatic carbocycles. The molecule has 0 unspecified atom stereocenters. The molecule has 0 spiro atoms. The van der Waals surface area contributed by atoms with Crippen molar-refractivity contribution in [2.75, 3.05) is 12.4 Å². The van der Waals surface area contributed by atoms with Crippen molar-refractivity contribution in [1.29, 1.82) is 0 Å². The van der Waals surface area contributed by atoms with Gasteiger partial charge in [-0.3, -0.25) is 5.32 Å². The Kier molecular flexibility index (Phi) is 4.43. The van der Waals surface area contributed by atoms with Gasteiger partial charge in [-0.05, 0) is 26.8 Å². The number of amides is 1. The fraction of sp³-hybridized carbons (Fsp3) is 0.545. The van der Waals surface area contributed by atoms with Gasteiger partial charge in [0.05, 0.1) is 19.4 Å². The largest absolute Gasteiger partial charge is 0.478 e. The lowest BCUT2D eigenvalue weighted by atomic mass is 10.2. The number of carbonyl (C=O) groups is 1. The Bertz CT molecular complexity index is 429. The third-order valence-corrected chi connectivity index (χ3v) is 1.80. The molecule has 0 radical (unpaired) electrons. The molecule has 1 aromatic heterocycles. The summed E-state index contributed by atoms with van der Waals surface area (Å²) in [5.41, 5.74) is 0.0186. The fourth-order valence-corrected chi connectivity index (χ4v) is 1.15. The second-order valence-corrected chi connectivity index (χ2v) is 4.54. The number of aliphatic hydroxyl groups excluding tert-OH is 1. The van der Waals surface area contributed by atoms with Crippen molar-refractivity contribution < 1.29 is 19.4 Å². The van der Waals surface area contributed by atoms with E-state index in [0.29, 0.717) is 11.4 Å². The van der Waals surface area contributed by atoms with Crippen LogP contribution in [-0.4, -0.2) is 34.1 Å². The van der Waals surface area contributed by atoms with E-state index in [2.05, 4.69) is 15.5 Å². The molecule has 100 valence electrons. The van der Waals surface area contributed by atoms with Gasteiger partial charge >= 0.3 is 6.09 Å². The molecule has 1 heterocycles. The van der Waals surface area contributed by atoms with Gasteiger partial charge in [0.1, 0.15) is 11.3 Å². The van der Waals surface area contributed by atoms with Gasteiger partial charge in [-0.2, -0.15) is 0 Å². The van der Waals surface area contributed by atoms with Crippen LogP contribution in [0.15, 0.2) is 6.07 Å². The van der Waals surface area contributed by atoms with Gasteiger partial charge in [-0.25, -0.2) is 4.79 Å². The molecule has 18 heavy (non-hydrogen) atoms. The number of anilines is 1. The number of hydrogen-bond acceptors (Lipinski definition) is 6. The molecule has 1 rings (SSSR count). The highest BCUT2D eigenvalue weighted by atomic mass is 16.6. The Hall–Kier alpha value is -1.89. The smallest absolute Gasteiger partial charge is 0.412 e. The van der Waals surface area contributed by atoms with E-state index in [4.69, 9.17) is 14.6 Å². The molecular formula is C11H17N3O4. The number of aromatic nitrogens is 2. The van der Waals surface area contributed by atoms with E-state index >= 15 is 0 Å². The minimum Gasteiger partial charge on any atom is -0.478 e. The first-order valence-corrected chi connectivity index (χ1v) is 5.37. The summed E-state index contributed by atoms with van der Waals surface area (Å²) in [4.78, 5) is 11.6. The average molecular weight is 255 g/mol. The molecule has 1 amide bonds. The second-order valence-electron chi connectivity index (χ2n) is 4.54. The zero-order valence-electron chi connectivity index (χ0n) is 10.9. The predicted octanol–water partition coefficient (Wildman–Crippen LogP) is 1.32. The van der Waals surface area contributed by atoms with Crippen LogP contribution < -0.4 is 10.1 Å². The van der Waals surface area contributed by atoms with E-state index < -0.39 is 11.7 Å². The van der Waals surface area contributed by atoms with Gasteiger partial charge in [0.25, 0.3) is 5.88 Å². The third-order valence-electron chi connectivity index (χ3n) is 1.80. The van der Waals surface area contributed by atoms with Gasteiger partial charge in [0.2, 0.25) is 0 Å². The maximum atomic E-state index is 11.6. The molecule has 0 atom stereocenters. The first-order chi connectivity index (χ1) is 8.35. The molecule has 0 fully saturated rings. The molecule has 0 aliphatic carbocycles. The SMILES string of the molecule is COc1nnc(CO)cc1NC(=O)OC(C)(C)C. The van der Waals surface area contributed by atoms with Crippen molar-refractivity contribution in [3.8, 4) is 5.88 Å². The van der Waals surface area contributed by atoms with Crippen molar-refractivity contribution in [2.24, 2.45) is 0 Å². The molecular weight excluding hydrogens is 238 g/mol. The van der Waals surface area contributed by atoms with Crippen LogP contribution in [0.4, 0.5) is 10.5 Å². The van der Waals surface area contributed by atoms with Gasteiger partial charge in [-0.1, -0.05) is 0 Å². The normalized spacial score (nSPS) is 10.9. The van der Waals surface area contributed by atoms with Gasteiger partial charge in [-0.15, -0.1) is 10.2 Å². The summed E-state index contributed by atoms with van der Waals surface area (Å²) < 4.78 is 10.0. The third kappa shape index (κ3) is 4.17. The topological polar surface area (TPSA) is 93.6 Å². The van der Waals surface area contributed by atoms with E-state index in [1.807, 2.05) is 0 Å². The Balaban J connectivity index is 2.85. The van der Waals surface area contributed by atoms with Gasteiger partial charge in [0.15, 0.2) is 0 Å². The lowest BCUT2D eigenvalue weighted by molar-refractivity contribution is 0.0635. The average Bonchev–Trinajstić information content (AvgIpc) is 2.26. The summed E-state index contributed by atoms with van der Waals surface area (Å²) in [6.45, 7) is 5.00. The Morgan fingerprint density at radius 1 is 1.44 bits per heavy atom. The van der Waals surface area contributed by atoms with Crippen molar-refractivity contribution >= 4 is 11.8 Å². The van der Waals surface area contributed by atoms with Crippen LogP contribution in [0.3, 0.4) is 0 Å². The summed E-state index contributed by atoms with van der Waals surface area (Å²) in [7, 11) is 1.41. The number of carbonyl (C=O) groups excluding carboxylic acids is 1. The molecule has 0 aliphatic rings. The monoisotopic (exact) mass is 255 g/mol. The number of aliphatic hydroxyl groups is 1. The number of nitrogens with zero attached hydrogens (tertiary/aromatic N) is 2. The van der Waals surface area contributed by atoms with E-state index in [1.165, 1.54) is 13.2 Å². The minimum atomic E-state index is -0.627. The molecule has 1 aromatic rings. The standard InChI is InChI=1S/C11H17N3O4/c1-11(2,3)18-10(16)12-8-5-7(6-15)13-14-9(8)17-4/h5,15H,6H2,1-4H3,(H,12,13,16). The highest BCUT2D eigenvalue weighted by Crippen LogP contribution is 2.21. The van der Waals surface area contributed by atoms with Crippen LogP contribution in [0, 0.1) is 0 Å². The predicted molar refractivity (Wildman–Crippen MR) is 64.4 cm³/mol. The van der Waals surface area contributed by atoms with Crippen molar-refractivity contribution in [2.45, 2.75) is 33.0 Å². The first-order valence-electron chi connectivity index (χ1n) is 5.37. The zero-order chi connectivity index (χ0) is 13.8. The van der Waals surface area contributed by atoms with E-state index in [1.54, 1.807) is 20.8 Å². The Labute approximate surface area is 105 Å². The summed E-state index contributed by atoms with van der Waals surface area (Å²) in [5.74, 6) is 0.151. The van der Waals surface area contributed by atoms with E-state index in [9.17, 15) is 4.79 Å². The molecule has 2 N–H and O–H groups in total. The molecule has 0 saturated heterocycles. The fourth-order valence-electron chi connectivity index (χ4n) is 1.15. The first kappa shape index (κ1) is 14.2. The lowest BCUT2D eigenvalue weighted by Crippen LogP contribution is -2.27. The molecule has 7 heteroatoms. The van der Waals surface area contributed by atoms with Crippen LogP contribution in [0.25, 0.3) is 0 Å². The molecule has 0 saturated carbocycles. The van der Waals surface area contributed by atoms with Gasteiger partial charge < -0.3 is 14.6 Å². The summed E-state index contributed by atoms with van der Waals surface area (Å²) >= 11 is 0. The van der Waals surface area contributed by atoms with Crippen molar-refractivity contribution in [1.82, 2.24) is 10.2 Å². The van der Waals surface area contributed by atoms with E-state index in [-0.39, 0.29) is 12.5 Å². The van der Waals surface area contributed by atoms with Crippen molar-refractivity contribution in [3.05, 3.63) is 11.8 Å². The maximum Gasteiger partial charge on any atom is 0.412 e. The highest BCUT2D eigenvalue weighted by Gasteiger charge is 2.18. The molecule has 0 bridgehead atoms. The number of ether oxygens (including phenoxy) is 2. The Morgan fingerprint density at radius 2 is 2.11 bits per heavy atom.